The van der Waals surface area contributed by atoms with Crippen LogP contribution in [0.4, 0.5) is 0 Å². The third-order valence-corrected chi connectivity index (χ3v) is 31.1. The lowest BCUT2D eigenvalue weighted by atomic mass is 9.67. The SMILES string of the molecule is CCCCCCCCCCCCCCCCc1ccc(C2(c3ccc(CCCCCCCCCCCCCCCC)cc3)c3ccsc3-c3sc4cc5c6c(sc5cc4c32)-c2sccc2C6(c2ccc(CCCCCCCCCCCCCCCC)cc2)c2ccc(CCCCCCCCCCCCCCCC)cc2)cc1. The van der Waals surface area contributed by atoms with Gasteiger partial charge in [0.25, 0.3) is 0 Å². The first-order valence-corrected chi connectivity index (χ1v) is 51.5. The van der Waals surface area contributed by atoms with E-state index in [9.17, 15) is 0 Å². The van der Waals surface area contributed by atoms with Gasteiger partial charge in [-0.25, -0.2) is 0 Å². The summed E-state index contributed by atoms with van der Waals surface area (Å²) in [6.45, 7) is 9.30. The Bertz CT molecular complexity index is 3560. The molecule has 0 unspecified atom stereocenters. The van der Waals surface area contributed by atoms with E-state index in [2.05, 4.69) is 182 Å². The van der Waals surface area contributed by atoms with Crippen molar-refractivity contribution in [3.63, 3.8) is 0 Å². The summed E-state index contributed by atoms with van der Waals surface area (Å²) in [6.07, 6.45) is 83.1. The van der Waals surface area contributed by atoms with Gasteiger partial charge in [-0.1, -0.05) is 459 Å². The Labute approximate surface area is 702 Å². The average Bonchev–Trinajstić information content (AvgIpc) is 1.51. The molecule has 0 bridgehead atoms. The number of thiophene rings is 4. The van der Waals surface area contributed by atoms with Crippen molar-refractivity contribution < 1.29 is 0 Å². The Morgan fingerprint density at radius 2 is 0.393 bits per heavy atom. The van der Waals surface area contributed by atoms with Crippen LogP contribution in [0.25, 0.3) is 39.7 Å². The van der Waals surface area contributed by atoms with Crippen molar-refractivity contribution in [2.75, 3.05) is 0 Å². The monoisotopic (exact) mass is 1580 g/mol. The van der Waals surface area contributed by atoms with Gasteiger partial charge in [-0.2, -0.15) is 0 Å². The molecule has 4 aromatic heterocycles. The third-order valence-electron chi connectivity index (χ3n) is 26.6. The lowest BCUT2D eigenvalue weighted by molar-refractivity contribution is 0.535. The highest BCUT2D eigenvalue weighted by Crippen LogP contribution is 2.66. The fourth-order valence-electron chi connectivity index (χ4n) is 19.9. The second kappa shape index (κ2) is 50.2. The van der Waals surface area contributed by atoms with Crippen molar-refractivity contribution in [3.8, 4) is 19.5 Å². The lowest BCUT2D eigenvalue weighted by Crippen LogP contribution is -2.28. The molecule has 0 radical (unpaired) electrons. The number of rotatable bonds is 64. The maximum atomic E-state index is 2.71. The predicted octanol–water partition coefficient (Wildman–Crippen LogP) is 37.1. The Kier molecular flexibility index (Phi) is 39.6. The van der Waals surface area contributed by atoms with Crippen molar-refractivity contribution in [1.82, 2.24) is 0 Å². The van der Waals surface area contributed by atoms with E-state index in [-0.39, 0.29) is 0 Å². The van der Waals surface area contributed by atoms with E-state index in [1.54, 1.807) is 0 Å². The third kappa shape index (κ3) is 24.8. The molecular formula is C108H154S4. The standard InChI is InChI=1S/C108H154S4/c1-5-9-13-17-21-25-29-33-37-41-45-49-53-57-61-87-65-73-91(74-66-87)107(92-75-67-88(68-76-92)62-58-54-50-46-42-38-34-30-26-22-18-14-10-6-2)97-81-83-109-103(97)105-101(107)95-85-100-96(86-99(95)111-105)102-106(112-100)104-98(82-84-110-104)108(102,93-77-69-89(70-78-93)63-59-55-51-47-43-39-35-31-27-23-19-15-11-7-3)94-79-71-90(72-80-94)64-60-56-52-48-44-40-36-32-28-24-20-16-12-8-4/h65-86H,5-64H2,1-4H3. The van der Waals surface area contributed by atoms with Crippen LogP contribution in [-0.4, -0.2) is 0 Å². The van der Waals surface area contributed by atoms with Crippen molar-refractivity contribution in [2.45, 2.75) is 424 Å². The van der Waals surface area contributed by atoms with Crippen LogP contribution in [0.2, 0.25) is 0 Å². The van der Waals surface area contributed by atoms with Crippen LogP contribution in [0.5, 0.6) is 0 Å². The summed E-state index contributed by atoms with van der Waals surface area (Å²) in [5.41, 5.74) is 16.8. The maximum absolute atomic E-state index is 2.71. The topological polar surface area (TPSA) is 0 Å². The number of hydrogen-bond donors (Lipinski definition) is 0. The molecular weight excluding hydrogens is 1430 g/mol. The Morgan fingerprint density at radius 3 is 0.589 bits per heavy atom. The number of unbranched alkanes of at least 4 members (excludes halogenated alkanes) is 52. The van der Waals surface area contributed by atoms with Gasteiger partial charge in [-0.15, -0.1) is 45.3 Å². The van der Waals surface area contributed by atoms with E-state index in [1.165, 1.54) is 466 Å². The molecule has 2 aliphatic rings. The summed E-state index contributed by atoms with van der Waals surface area (Å²) >= 11 is 8.13. The van der Waals surface area contributed by atoms with Gasteiger partial charge in [0.2, 0.25) is 0 Å². The lowest BCUT2D eigenvalue weighted by Gasteiger charge is -2.34. The highest BCUT2D eigenvalue weighted by molar-refractivity contribution is 7.28. The highest BCUT2D eigenvalue weighted by Gasteiger charge is 2.52. The van der Waals surface area contributed by atoms with E-state index in [0.717, 1.165) is 25.7 Å². The van der Waals surface area contributed by atoms with Gasteiger partial charge in [0.05, 0.1) is 20.6 Å². The molecule has 4 heteroatoms. The minimum absolute atomic E-state index is 0.425. The van der Waals surface area contributed by atoms with Gasteiger partial charge in [0, 0.05) is 19.2 Å². The van der Waals surface area contributed by atoms with E-state index in [4.69, 9.17) is 0 Å². The summed E-state index contributed by atoms with van der Waals surface area (Å²) < 4.78 is 2.86. The summed E-state index contributed by atoms with van der Waals surface area (Å²) in [5.74, 6) is 0. The largest absolute Gasteiger partial charge is 0.143 e. The summed E-state index contributed by atoms with van der Waals surface area (Å²) in [7, 11) is 0. The molecule has 0 saturated carbocycles. The molecule has 5 aromatic carbocycles. The van der Waals surface area contributed by atoms with Crippen molar-refractivity contribution in [1.29, 1.82) is 0 Å². The first-order valence-electron chi connectivity index (χ1n) is 48.1. The summed E-state index contributed by atoms with van der Waals surface area (Å²) in [5, 5.41) is 7.73. The van der Waals surface area contributed by atoms with Crippen LogP contribution in [0, 0.1) is 0 Å². The van der Waals surface area contributed by atoms with E-state index in [0.29, 0.717) is 0 Å². The fourth-order valence-corrected chi connectivity index (χ4v) is 24.7. The fraction of sp³-hybridized carbons (Fsp3) is 0.611. The molecule has 0 saturated heterocycles. The Balaban J connectivity index is 0.838. The van der Waals surface area contributed by atoms with E-state index < -0.39 is 10.8 Å². The molecule has 11 rings (SSSR count). The molecule has 0 spiro atoms. The molecule has 0 amide bonds. The summed E-state index contributed by atoms with van der Waals surface area (Å²) in [6, 6.07) is 51.3. The highest BCUT2D eigenvalue weighted by atomic mass is 32.1. The average molecular weight is 1580 g/mol. The van der Waals surface area contributed by atoms with Crippen molar-refractivity contribution >= 4 is 65.5 Å². The van der Waals surface area contributed by atoms with Gasteiger partial charge in [0.1, 0.15) is 0 Å². The normalized spacial score (nSPS) is 13.3. The van der Waals surface area contributed by atoms with Gasteiger partial charge < -0.3 is 0 Å². The predicted molar refractivity (Wildman–Crippen MR) is 504 cm³/mol. The smallest absolute Gasteiger partial charge is 0.0736 e. The Hall–Kier alpha value is -4.58. The van der Waals surface area contributed by atoms with Crippen molar-refractivity contribution in [3.05, 3.63) is 199 Å². The zero-order valence-electron chi connectivity index (χ0n) is 71.8. The molecule has 2 aliphatic carbocycles. The number of aryl methyl sites for hydroxylation is 4. The minimum atomic E-state index is -0.425. The first-order chi connectivity index (χ1) is 55.5. The maximum Gasteiger partial charge on any atom is 0.0736 e. The first kappa shape index (κ1) is 88.2. The van der Waals surface area contributed by atoms with Crippen LogP contribution < -0.4 is 0 Å². The molecule has 4 heterocycles. The van der Waals surface area contributed by atoms with Crippen LogP contribution in [0.15, 0.2) is 132 Å². The second-order valence-electron chi connectivity index (χ2n) is 35.5. The second-order valence-corrected chi connectivity index (χ2v) is 39.4. The molecule has 0 nitrogen and oxygen atoms in total. The van der Waals surface area contributed by atoms with Gasteiger partial charge in [0.15, 0.2) is 0 Å². The zero-order valence-corrected chi connectivity index (χ0v) is 75.0. The van der Waals surface area contributed by atoms with Crippen LogP contribution >= 0.6 is 45.3 Å². The van der Waals surface area contributed by atoms with Crippen LogP contribution in [0.3, 0.4) is 0 Å². The van der Waals surface area contributed by atoms with E-state index in [1.807, 2.05) is 22.7 Å². The summed E-state index contributed by atoms with van der Waals surface area (Å²) in [4.78, 5) is 5.92. The van der Waals surface area contributed by atoms with Crippen molar-refractivity contribution in [2.24, 2.45) is 0 Å². The quantitative estimate of drug-likeness (QED) is 0.0333. The molecule has 0 N–H and O–H groups in total. The van der Waals surface area contributed by atoms with Gasteiger partial charge >= 0.3 is 0 Å². The number of hydrogen-bond acceptors (Lipinski definition) is 4. The minimum Gasteiger partial charge on any atom is -0.143 e. The number of fused-ring (bicyclic) bond motifs is 10. The molecule has 112 heavy (non-hydrogen) atoms. The molecule has 9 aromatic rings. The molecule has 0 aliphatic heterocycles. The van der Waals surface area contributed by atoms with E-state index >= 15 is 0 Å². The van der Waals surface area contributed by atoms with Gasteiger partial charge in [-0.3, -0.25) is 0 Å². The molecule has 0 atom stereocenters. The molecule has 0 fully saturated rings. The molecule has 610 valence electrons. The van der Waals surface area contributed by atoms with Crippen LogP contribution in [0.1, 0.15) is 454 Å². The van der Waals surface area contributed by atoms with Gasteiger partial charge in [-0.05, 0) is 164 Å². The Morgan fingerprint density at radius 1 is 0.205 bits per heavy atom. The van der Waals surface area contributed by atoms with Crippen LogP contribution in [-0.2, 0) is 36.5 Å². The number of benzene rings is 5. The zero-order chi connectivity index (χ0) is 77.4.